The summed E-state index contributed by atoms with van der Waals surface area (Å²) >= 11 is 1.78. The molecule has 0 aliphatic carbocycles. The van der Waals surface area contributed by atoms with E-state index in [9.17, 15) is 4.79 Å². The zero-order chi connectivity index (χ0) is 13.0. The van der Waals surface area contributed by atoms with Crippen LogP contribution in [0.15, 0.2) is 24.3 Å². The third-order valence-corrected chi connectivity index (χ3v) is 4.64. The van der Waals surface area contributed by atoms with Gasteiger partial charge in [-0.3, -0.25) is 4.79 Å². The van der Waals surface area contributed by atoms with E-state index in [4.69, 9.17) is 5.73 Å². The maximum absolute atomic E-state index is 12.1. The van der Waals surface area contributed by atoms with Gasteiger partial charge < -0.3 is 11.1 Å². The smallest absolute Gasteiger partial charge is 0.233 e. The van der Waals surface area contributed by atoms with Gasteiger partial charge in [0.1, 0.15) is 0 Å². The van der Waals surface area contributed by atoms with Crippen molar-refractivity contribution in [3.63, 3.8) is 0 Å². The summed E-state index contributed by atoms with van der Waals surface area (Å²) in [7, 11) is 0. The highest BCUT2D eigenvalue weighted by atomic mass is 32.2. The molecule has 0 radical (unpaired) electrons. The van der Waals surface area contributed by atoms with Gasteiger partial charge in [0.25, 0.3) is 0 Å². The largest absolute Gasteiger partial charge is 0.399 e. The molecule has 0 bridgehead atoms. The number of rotatable bonds is 3. The number of nitrogen functional groups attached to an aromatic ring is 1. The first-order valence-electron chi connectivity index (χ1n) is 6.44. The number of benzene rings is 1. The minimum absolute atomic E-state index is 0.0422. The molecule has 0 saturated carbocycles. The molecule has 3 nitrogen and oxygen atoms in total. The number of carbonyl (C=O) groups excluding carboxylic acids is 1. The van der Waals surface area contributed by atoms with E-state index in [-0.39, 0.29) is 17.2 Å². The number of carbonyl (C=O) groups is 1. The van der Waals surface area contributed by atoms with Crippen LogP contribution in [0.1, 0.15) is 37.8 Å². The van der Waals surface area contributed by atoms with Crippen molar-refractivity contribution >= 4 is 23.4 Å². The molecule has 1 amide bonds. The van der Waals surface area contributed by atoms with Crippen LogP contribution in [0.4, 0.5) is 5.69 Å². The van der Waals surface area contributed by atoms with Crippen LogP contribution in [0.2, 0.25) is 0 Å². The Labute approximate surface area is 113 Å². The van der Waals surface area contributed by atoms with Crippen LogP contribution in [0.5, 0.6) is 0 Å². The Balaban J connectivity index is 1.91. The zero-order valence-corrected chi connectivity index (χ0v) is 11.5. The lowest BCUT2D eigenvalue weighted by Gasteiger charge is -2.23. The highest BCUT2D eigenvalue weighted by Crippen LogP contribution is 2.26. The second kappa shape index (κ2) is 6.14. The third-order valence-electron chi connectivity index (χ3n) is 3.27. The van der Waals surface area contributed by atoms with E-state index in [0.717, 1.165) is 23.4 Å². The van der Waals surface area contributed by atoms with Crippen molar-refractivity contribution in [1.29, 1.82) is 0 Å². The second-order valence-electron chi connectivity index (χ2n) is 4.75. The molecule has 1 saturated heterocycles. The van der Waals surface area contributed by atoms with Crippen molar-refractivity contribution in [2.45, 2.75) is 37.5 Å². The summed E-state index contributed by atoms with van der Waals surface area (Å²) in [6, 6.07) is 7.71. The number of thioether (sulfide) groups is 1. The predicted octanol–water partition coefficient (Wildman–Crippen LogP) is 2.73. The van der Waals surface area contributed by atoms with Crippen LogP contribution in [0.3, 0.4) is 0 Å². The number of hydrogen-bond acceptors (Lipinski definition) is 3. The fraction of sp³-hybridized carbons (Fsp3) is 0.500. The Kier molecular flexibility index (Phi) is 4.53. The molecule has 1 aliphatic rings. The first kappa shape index (κ1) is 13.3. The first-order chi connectivity index (χ1) is 8.66. The Bertz CT molecular complexity index is 399. The first-order valence-corrected chi connectivity index (χ1v) is 7.49. The molecule has 0 spiro atoms. The van der Waals surface area contributed by atoms with E-state index in [1.54, 1.807) is 11.8 Å². The van der Waals surface area contributed by atoms with Crippen molar-refractivity contribution < 1.29 is 4.79 Å². The van der Waals surface area contributed by atoms with E-state index in [1.165, 1.54) is 12.8 Å². The van der Waals surface area contributed by atoms with Gasteiger partial charge in [-0.05, 0) is 43.2 Å². The highest BCUT2D eigenvalue weighted by molar-refractivity contribution is 8.00. The fourth-order valence-corrected chi connectivity index (χ4v) is 3.33. The summed E-state index contributed by atoms with van der Waals surface area (Å²) in [6.07, 6.45) is 3.41. The summed E-state index contributed by atoms with van der Waals surface area (Å²) < 4.78 is 0. The molecule has 98 valence electrons. The average molecular weight is 264 g/mol. The van der Waals surface area contributed by atoms with Crippen LogP contribution in [0, 0.1) is 0 Å². The number of hydrogen-bond donors (Lipinski definition) is 2. The normalized spacial score (nSPS) is 21.3. The molecule has 1 aromatic carbocycles. The topological polar surface area (TPSA) is 55.1 Å². The van der Waals surface area contributed by atoms with Gasteiger partial charge in [0.15, 0.2) is 0 Å². The van der Waals surface area contributed by atoms with Crippen molar-refractivity contribution in [2.24, 2.45) is 0 Å². The number of anilines is 1. The van der Waals surface area contributed by atoms with Crippen molar-refractivity contribution in [3.05, 3.63) is 29.8 Å². The van der Waals surface area contributed by atoms with E-state index >= 15 is 0 Å². The van der Waals surface area contributed by atoms with Gasteiger partial charge in [0, 0.05) is 5.69 Å². The molecule has 1 fully saturated rings. The van der Waals surface area contributed by atoms with Crippen LogP contribution in [0.25, 0.3) is 0 Å². The molecular formula is C14H20N2OS. The maximum atomic E-state index is 12.1. The Morgan fingerprint density at radius 3 is 2.72 bits per heavy atom. The van der Waals surface area contributed by atoms with Crippen LogP contribution >= 0.6 is 11.8 Å². The van der Waals surface area contributed by atoms with Crippen molar-refractivity contribution in [2.75, 3.05) is 11.5 Å². The van der Waals surface area contributed by atoms with Crippen molar-refractivity contribution in [3.8, 4) is 0 Å². The Morgan fingerprint density at radius 1 is 1.39 bits per heavy atom. The van der Waals surface area contributed by atoms with Gasteiger partial charge in [0.2, 0.25) is 5.91 Å². The molecule has 3 N–H and O–H groups in total. The van der Waals surface area contributed by atoms with Gasteiger partial charge in [-0.2, -0.15) is 0 Å². The number of nitrogens with two attached hydrogens (primary N) is 1. The summed E-state index contributed by atoms with van der Waals surface area (Å²) in [4.78, 5) is 12.1. The fourth-order valence-electron chi connectivity index (χ4n) is 2.12. The monoisotopic (exact) mass is 264 g/mol. The Morgan fingerprint density at radius 2 is 2.11 bits per heavy atom. The lowest BCUT2D eigenvalue weighted by atomic mass is 10.1. The molecule has 1 heterocycles. The standard InChI is InChI=1S/C14H20N2OS/c1-10(11-5-7-12(15)8-6-11)16-14(17)13-4-2-3-9-18-13/h5-8,10,13H,2-4,9,15H2,1H3,(H,16,17). The number of nitrogens with one attached hydrogen (secondary N) is 1. The molecule has 2 atom stereocenters. The summed E-state index contributed by atoms with van der Waals surface area (Å²) in [5, 5.41) is 3.22. The molecule has 2 rings (SSSR count). The summed E-state index contributed by atoms with van der Waals surface area (Å²) in [5.74, 6) is 1.28. The Hall–Kier alpha value is -1.16. The van der Waals surface area contributed by atoms with E-state index in [0.29, 0.717) is 0 Å². The van der Waals surface area contributed by atoms with Gasteiger partial charge >= 0.3 is 0 Å². The molecule has 1 aliphatic heterocycles. The van der Waals surface area contributed by atoms with Crippen LogP contribution in [-0.2, 0) is 4.79 Å². The third kappa shape index (κ3) is 3.42. The molecule has 2 unspecified atom stereocenters. The molecule has 1 aromatic rings. The predicted molar refractivity (Wildman–Crippen MR) is 77.5 cm³/mol. The molecular weight excluding hydrogens is 244 g/mol. The lowest BCUT2D eigenvalue weighted by molar-refractivity contribution is -0.121. The van der Waals surface area contributed by atoms with Crippen molar-refractivity contribution in [1.82, 2.24) is 5.32 Å². The zero-order valence-electron chi connectivity index (χ0n) is 10.7. The van der Waals surface area contributed by atoms with Gasteiger partial charge in [-0.15, -0.1) is 11.8 Å². The number of amides is 1. The van der Waals surface area contributed by atoms with Crippen LogP contribution in [-0.4, -0.2) is 16.9 Å². The van der Waals surface area contributed by atoms with E-state index in [2.05, 4.69) is 5.32 Å². The second-order valence-corrected chi connectivity index (χ2v) is 6.06. The van der Waals surface area contributed by atoms with Crippen LogP contribution < -0.4 is 11.1 Å². The minimum Gasteiger partial charge on any atom is -0.399 e. The molecule has 18 heavy (non-hydrogen) atoms. The van der Waals surface area contributed by atoms with E-state index < -0.39 is 0 Å². The summed E-state index contributed by atoms with van der Waals surface area (Å²) in [5.41, 5.74) is 7.50. The van der Waals surface area contributed by atoms with Gasteiger partial charge in [-0.25, -0.2) is 0 Å². The van der Waals surface area contributed by atoms with E-state index in [1.807, 2.05) is 31.2 Å². The van der Waals surface area contributed by atoms with Gasteiger partial charge in [0.05, 0.1) is 11.3 Å². The van der Waals surface area contributed by atoms with Gasteiger partial charge in [-0.1, -0.05) is 18.6 Å². The lowest BCUT2D eigenvalue weighted by Crippen LogP contribution is -2.35. The average Bonchev–Trinajstić information content (AvgIpc) is 2.40. The molecule has 0 aromatic heterocycles. The summed E-state index contributed by atoms with van der Waals surface area (Å²) in [6.45, 7) is 2.01. The SMILES string of the molecule is CC(NC(=O)C1CCCCS1)c1ccc(N)cc1. The molecule has 4 heteroatoms. The minimum atomic E-state index is 0.0422. The highest BCUT2D eigenvalue weighted by Gasteiger charge is 2.22. The quantitative estimate of drug-likeness (QED) is 0.825. The maximum Gasteiger partial charge on any atom is 0.233 e.